The molecule has 0 saturated heterocycles. The minimum Gasteiger partial charge on any atom is -0.325 e. The van der Waals surface area contributed by atoms with Gasteiger partial charge in [0.1, 0.15) is 29.6 Å². The molecule has 206 valence electrons. The summed E-state index contributed by atoms with van der Waals surface area (Å²) >= 11 is 0. The second kappa shape index (κ2) is 11.6. The highest BCUT2D eigenvalue weighted by molar-refractivity contribution is 6.08. The molecular formula is C30H23FN10O. The fourth-order valence-corrected chi connectivity index (χ4v) is 4.16. The van der Waals surface area contributed by atoms with Gasteiger partial charge in [0.15, 0.2) is 5.82 Å². The predicted molar refractivity (Wildman–Crippen MR) is 157 cm³/mol. The number of nitrogens with zero attached hydrogens (tertiary/aromatic N) is 6. The van der Waals surface area contributed by atoms with E-state index in [-0.39, 0.29) is 11.6 Å². The van der Waals surface area contributed by atoms with Crippen LogP contribution in [0, 0.1) is 12.7 Å². The molecule has 42 heavy (non-hydrogen) atoms. The Morgan fingerprint density at radius 1 is 0.786 bits per heavy atom. The topological polar surface area (TPSA) is 150 Å². The van der Waals surface area contributed by atoms with Crippen LogP contribution in [0.1, 0.15) is 21.9 Å². The third-order valence-corrected chi connectivity index (χ3v) is 6.16. The number of para-hydroxylation sites is 2. The van der Waals surface area contributed by atoms with Gasteiger partial charge in [0.05, 0.1) is 17.2 Å². The Labute approximate surface area is 238 Å². The number of aryl methyl sites for hydroxylation is 1. The van der Waals surface area contributed by atoms with Crippen LogP contribution in [0.3, 0.4) is 0 Å². The van der Waals surface area contributed by atoms with Crippen molar-refractivity contribution in [3.05, 3.63) is 120 Å². The third-order valence-electron chi connectivity index (χ3n) is 6.16. The lowest BCUT2D eigenvalue weighted by atomic mass is 10.1. The highest BCUT2D eigenvalue weighted by atomic mass is 19.1. The van der Waals surface area contributed by atoms with Crippen LogP contribution in [0.25, 0.3) is 21.8 Å². The summed E-state index contributed by atoms with van der Waals surface area (Å²) < 4.78 is 13.1. The Morgan fingerprint density at radius 2 is 1.52 bits per heavy atom. The smallest absolute Gasteiger partial charge is 0.230 e. The second-order valence-corrected chi connectivity index (χ2v) is 9.14. The number of aromatic nitrogens is 8. The monoisotopic (exact) mass is 558 g/mol. The van der Waals surface area contributed by atoms with Gasteiger partial charge in [0, 0.05) is 34.2 Å². The SMILES string of the molecule is Cc1cc(Nc2ncnc3ccccc23)n[nH]1.O=C(c1ccc(F)cc1)c1nc(Nc2ccn[nH]2)c2ccccc2n1. The molecule has 0 bridgehead atoms. The van der Waals surface area contributed by atoms with Crippen molar-refractivity contribution in [2.45, 2.75) is 6.92 Å². The molecule has 0 aliphatic rings. The molecule has 0 unspecified atom stereocenters. The van der Waals surface area contributed by atoms with Crippen molar-refractivity contribution in [3.63, 3.8) is 0 Å². The summed E-state index contributed by atoms with van der Waals surface area (Å²) in [6.45, 7) is 1.95. The highest BCUT2D eigenvalue weighted by Gasteiger charge is 2.16. The number of anilines is 4. The number of fused-ring (bicyclic) bond motifs is 2. The van der Waals surface area contributed by atoms with Crippen LogP contribution < -0.4 is 10.6 Å². The molecule has 0 aliphatic heterocycles. The first kappa shape index (κ1) is 26.2. The maximum Gasteiger partial charge on any atom is 0.230 e. The number of hydrogen-bond acceptors (Lipinski definition) is 9. The molecule has 0 fully saturated rings. The normalized spacial score (nSPS) is 10.7. The zero-order valence-corrected chi connectivity index (χ0v) is 22.2. The minimum absolute atomic E-state index is 0.0346. The van der Waals surface area contributed by atoms with Crippen molar-refractivity contribution < 1.29 is 9.18 Å². The average molecular weight is 559 g/mol. The average Bonchev–Trinajstić information content (AvgIpc) is 3.69. The lowest BCUT2D eigenvalue weighted by Crippen LogP contribution is -2.09. The van der Waals surface area contributed by atoms with Gasteiger partial charge in [0.25, 0.3) is 0 Å². The summed E-state index contributed by atoms with van der Waals surface area (Å²) in [6.07, 6.45) is 3.15. The van der Waals surface area contributed by atoms with E-state index < -0.39 is 5.82 Å². The molecule has 4 heterocycles. The number of carbonyl (C=O) groups excluding carboxylic acids is 1. The summed E-state index contributed by atoms with van der Waals surface area (Å²) in [5.41, 5.74) is 2.87. The number of benzene rings is 3. The van der Waals surface area contributed by atoms with Gasteiger partial charge in [-0.05, 0) is 55.5 Å². The third kappa shape index (κ3) is 5.77. The zero-order valence-electron chi connectivity index (χ0n) is 22.2. The van der Waals surface area contributed by atoms with Crippen LogP contribution in [-0.2, 0) is 0 Å². The largest absolute Gasteiger partial charge is 0.325 e. The number of halogens is 1. The van der Waals surface area contributed by atoms with Crippen LogP contribution >= 0.6 is 0 Å². The molecule has 3 aromatic carbocycles. The van der Waals surface area contributed by atoms with E-state index in [9.17, 15) is 9.18 Å². The lowest BCUT2D eigenvalue weighted by molar-refractivity contribution is 0.103. The van der Waals surface area contributed by atoms with E-state index in [1.807, 2.05) is 55.5 Å². The molecule has 0 aliphatic carbocycles. The van der Waals surface area contributed by atoms with E-state index in [2.05, 4.69) is 51.0 Å². The van der Waals surface area contributed by atoms with E-state index >= 15 is 0 Å². The number of aromatic amines is 2. The summed E-state index contributed by atoms with van der Waals surface area (Å²) in [4.78, 5) is 29.8. The predicted octanol–water partition coefficient (Wildman–Crippen LogP) is 5.87. The summed E-state index contributed by atoms with van der Waals surface area (Å²) in [5, 5.41) is 21.7. The molecular weight excluding hydrogens is 535 g/mol. The van der Waals surface area contributed by atoms with Crippen molar-refractivity contribution in [2.24, 2.45) is 0 Å². The molecule has 12 heteroatoms. The Kier molecular flexibility index (Phi) is 7.23. The Bertz CT molecular complexity index is 1980. The standard InChI is InChI=1S/C18H12FN5O.C12H11N5/c19-12-7-5-11(6-8-12)16(25)18-21-14-4-2-1-3-13(14)17(23-18)22-15-9-10-20-24-15;1-8-6-11(17-16-8)15-12-9-4-2-3-5-10(9)13-7-14-12/h1-10H,(H2,20,21,22,23,24);2-7H,1H3,(H2,13,14,15,16,17). The zero-order chi connectivity index (χ0) is 28.9. The minimum atomic E-state index is -0.405. The van der Waals surface area contributed by atoms with Crippen molar-refractivity contribution >= 4 is 50.9 Å². The van der Waals surface area contributed by atoms with Crippen LogP contribution in [0.15, 0.2) is 97.5 Å². The van der Waals surface area contributed by atoms with Gasteiger partial charge in [-0.3, -0.25) is 15.0 Å². The molecule has 0 radical (unpaired) electrons. The summed E-state index contributed by atoms with van der Waals surface area (Å²) in [7, 11) is 0. The van der Waals surface area contributed by atoms with E-state index in [0.29, 0.717) is 22.7 Å². The summed E-state index contributed by atoms with van der Waals surface area (Å²) in [6, 6.07) is 24.2. The van der Waals surface area contributed by atoms with Crippen LogP contribution in [0.4, 0.5) is 27.7 Å². The van der Waals surface area contributed by atoms with Crippen molar-refractivity contribution in [3.8, 4) is 0 Å². The molecule has 7 aromatic rings. The van der Waals surface area contributed by atoms with Gasteiger partial charge in [0.2, 0.25) is 11.6 Å². The van der Waals surface area contributed by atoms with Gasteiger partial charge < -0.3 is 10.6 Å². The Balaban J connectivity index is 0.000000162. The first-order chi connectivity index (χ1) is 20.5. The van der Waals surface area contributed by atoms with Gasteiger partial charge in [-0.15, -0.1) is 0 Å². The molecule has 0 atom stereocenters. The van der Waals surface area contributed by atoms with E-state index in [1.165, 1.54) is 24.3 Å². The molecule has 11 nitrogen and oxygen atoms in total. The van der Waals surface area contributed by atoms with Gasteiger partial charge >= 0.3 is 0 Å². The molecule has 7 rings (SSSR count). The van der Waals surface area contributed by atoms with E-state index in [1.54, 1.807) is 24.7 Å². The maximum absolute atomic E-state index is 13.1. The number of hydrogen-bond donors (Lipinski definition) is 4. The number of rotatable bonds is 6. The van der Waals surface area contributed by atoms with E-state index in [0.717, 1.165) is 33.6 Å². The van der Waals surface area contributed by atoms with Crippen LogP contribution in [0.2, 0.25) is 0 Å². The highest BCUT2D eigenvalue weighted by Crippen LogP contribution is 2.24. The van der Waals surface area contributed by atoms with Gasteiger partial charge in [-0.2, -0.15) is 10.2 Å². The van der Waals surface area contributed by atoms with Crippen LogP contribution in [0.5, 0.6) is 0 Å². The fraction of sp³-hybridized carbons (Fsp3) is 0.0333. The molecule has 0 amide bonds. The summed E-state index contributed by atoms with van der Waals surface area (Å²) in [5.74, 6) is 1.90. The van der Waals surface area contributed by atoms with Gasteiger partial charge in [-0.25, -0.2) is 24.3 Å². The molecule has 0 saturated carbocycles. The number of carbonyl (C=O) groups is 1. The Hall–Kier alpha value is -6.04. The number of nitrogens with one attached hydrogen (secondary N) is 4. The first-order valence-corrected chi connectivity index (χ1v) is 12.9. The molecule has 0 spiro atoms. The van der Waals surface area contributed by atoms with Crippen molar-refractivity contribution in [1.29, 1.82) is 0 Å². The molecule has 4 N–H and O–H groups in total. The quantitative estimate of drug-likeness (QED) is 0.184. The fourth-order valence-electron chi connectivity index (χ4n) is 4.16. The van der Waals surface area contributed by atoms with E-state index in [4.69, 9.17) is 0 Å². The lowest BCUT2D eigenvalue weighted by Gasteiger charge is -2.09. The van der Waals surface area contributed by atoms with Gasteiger partial charge in [-0.1, -0.05) is 24.3 Å². The molecule has 4 aromatic heterocycles. The van der Waals surface area contributed by atoms with Crippen LogP contribution in [-0.4, -0.2) is 46.1 Å². The first-order valence-electron chi connectivity index (χ1n) is 12.9. The van der Waals surface area contributed by atoms with Crippen molar-refractivity contribution in [1.82, 2.24) is 40.3 Å². The van der Waals surface area contributed by atoms with Crippen molar-refractivity contribution in [2.75, 3.05) is 10.6 Å². The Morgan fingerprint density at radius 3 is 2.24 bits per heavy atom. The number of H-pyrrole nitrogens is 2. The number of ketones is 1. The maximum atomic E-state index is 13.1. The second-order valence-electron chi connectivity index (χ2n) is 9.14.